The summed E-state index contributed by atoms with van der Waals surface area (Å²) in [5.41, 5.74) is 2.42. The van der Waals surface area contributed by atoms with Crippen molar-refractivity contribution in [3.8, 4) is 0 Å². The number of hydrogen-bond acceptors (Lipinski definition) is 2. The third kappa shape index (κ3) is 2.59. The van der Waals surface area contributed by atoms with Crippen molar-refractivity contribution in [3.63, 3.8) is 0 Å². The summed E-state index contributed by atoms with van der Waals surface area (Å²) in [7, 11) is -3.68. The molecule has 0 atom stereocenters. The lowest BCUT2D eigenvalue weighted by Gasteiger charge is -2.12. The van der Waals surface area contributed by atoms with Crippen molar-refractivity contribution in [1.82, 2.24) is 3.97 Å². The minimum absolute atomic E-state index is 0.279. The molecule has 24 heavy (non-hydrogen) atoms. The van der Waals surface area contributed by atoms with Crippen LogP contribution in [-0.2, 0) is 22.9 Å². The number of aromatic nitrogens is 1. The molecule has 0 saturated carbocycles. The summed E-state index contributed by atoms with van der Waals surface area (Å²) >= 11 is 0. The van der Waals surface area contributed by atoms with Crippen LogP contribution in [0.4, 0.5) is 0 Å². The van der Waals surface area contributed by atoms with Crippen LogP contribution in [0.25, 0.3) is 10.9 Å². The Bertz CT molecular complexity index is 999. The zero-order valence-corrected chi connectivity index (χ0v) is 14.2. The molecule has 4 heteroatoms. The van der Waals surface area contributed by atoms with Crippen molar-refractivity contribution in [1.29, 1.82) is 0 Å². The van der Waals surface area contributed by atoms with E-state index in [1.54, 1.807) is 42.5 Å². The summed E-state index contributed by atoms with van der Waals surface area (Å²) in [4.78, 5) is 0.279. The van der Waals surface area contributed by atoms with Gasteiger partial charge in [-0.3, -0.25) is 0 Å². The first-order valence-corrected chi connectivity index (χ1v) is 9.19. The Hall–Kier alpha value is -2.59. The Morgan fingerprint density at radius 1 is 0.875 bits per heavy atom. The maximum atomic E-state index is 13.3. The smallest absolute Gasteiger partial charge is 0.237 e. The van der Waals surface area contributed by atoms with Crippen LogP contribution < -0.4 is 0 Å². The molecule has 0 spiro atoms. The minimum Gasteiger partial charge on any atom is -0.237 e. The van der Waals surface area contributed by atoms with E-state index in [9.17, 15) is 8.42 Å². The molecule has 1 heterocycles. The highest BCUT2D eigenvalue weighted by Crippen LogP contribution is 2.31. The summed E-state index contributed by atoms with van der Waals surface area (Å²) < 4.78 is 28.0. The highest BCUT2D eigenvalue weighted by Gasteiger charge is 2.25. The predicted octanol–water partition coefficient (Wildman–Crippen LogP) is 4.34. The maximum Gasteiger partial charge on any atom is 0.268 e. The molecule has 0 bridgehead atoms. The summed E-state index contributed by atoms with van der Waals surface area (Å²) in [6.07, 6.45) is 4.62. The molecule has 0 amide bonds. The first kappa shape index (κ1) is 16.3. The van der Waals surface area contributed by atoms with Crippen LogP contribution in [0, 0.1) is 0 Å². The van der Waals surface area contributed by atoms with Gasteiger partial charge in [0, 0.05) is 17.5 Å². The standard InChI is InChI=1S/C20H19NO2S/c1-3-10-17-18-14-8-9-15-20(18)21(19(17)11-4-2)24(22,23)16-12-6-5-7-13-16/h3-9,12-15H,1-2,10-11H2. The van der Waals surface area contributed by atoms with Crippen LogP contribution in [0.2, 0.25) is 0 Å². The van der Waals surface area contributed by atoms with Crippen molar-refractivity contribution >= 4 is 20.9 Å². The van der Waals surface area contributed by atoms with Crippen LogP contribution in [0.5, 0.6) is 0 Å². The molecule has 2 aromatic carbocycles. The molecule has 3 nitrogen and oxygen atoms in total. The molecule has 3 rings (SSSR count). The zero-order valence-electron chi connectivity index (χ0n) is 13.4. The van der Waals surface area contributed by atoms with Crippen LogP contribution in [0.1, 0.15) is 11.3 Å². The lowest BCUT2D eigenvalue weighted by molar-refractivity contribution is 0.587. The second-order valence-corrected chi connectivity index (χ2v) is 7.30. The summed E-state index contributed by atoms with van der Waals surface area (Å²) in [5.74, 6) is 0. The molecule has 0 N–H and O–H groups in total. The van der Waals surface area contributed by atoms with Crippen molar-refractivity contribution < 1.29 is 8.42 Å². The molecule has 1 aromatic heterocycles. The van der Waals surface area contributed by atoms with E-state index in [1.807, 2.05) is 24.3 Å². The number of nitrogens with zero attached hydrogens (tertiary/aromatic N) is 1. The summed E-state index contributed by atoms with van der Waals surface area (Å²) in [6, 6.07) is 16.1. The van der Waals surface area contributed by atoms with E-state index in [2.05, 4.69) is 13.2 Å². The Morgan fingerprint density at radius 3 is 2.17 bits per heavy atom. The zero-order chi connectivity index (χ0) is 17.2. The highest BCUT2D eigenvalue weighted by molar-refractivity contribution is 7.90. The Kier molecular flexibility index (Phi) is 4.40. The average Bonchev–Trinajstić information content (AvgIpc) is 2.91. The average molecular weight is 337 g/mol. The molecule has 0 saturated heterocycles. The van der Waals surface area contributed by atoms with Gasteiger partial charge in [0.25, 0.3) is 10.0 Å². The van der Waals surface area contributed by atoms with Crippen LogP contribution >= 0.6 is 0 Å². The van der Waals surface area contributed by atoms with Crippen LogP contribution in [0.3, 0.4) is 0 Å². The first-order chi connectivity index (χ1) is 11.6. The van der Waals surface area contributed by atoms with E-state index in [-0.39, 0.29) is 4.90 Å². The number of allylic oxidation sites excluding steroid dienone is 2. The van der Waals surface area contributed by atoms with Gasteiger partial charge in [0.05, 0.1) is 10.4 Å². The number of fused-ring (bicyclic) bond motifs is 1. The van der Waals surface area contributed by atoms with Crippen molar-refractivity contribution in [2.45, 2.75) is 17.7 Å². The van der Waals surface area contributed by atoms with Crippen molar-refractivity contribution in [2.24, 2.45) is 0 Å². The summed E-state index contributed by atoms with van der Waals surface area (Å²) in [5, 5.41) is 0.939. The van der Waals surface area contributed by atoms with Gasteiger partial charge in [0.1, 0.15) is 0 Å². The van der Waals surface area contributed by atoms with Gasteiger partial charge in [-0.25, -0.2) is 12.4 Å². The fourth-order valence-corrected chi connectivity index (χ4v) is 4.62. The summed E-state index contributed by atoms with van der Waals surface area (Å²) in [6.45, 7) is 7.60. The fraction of sp³-hybridized carbons (Fsp3) is 0.100. The molecule has 0 unspecified atom stereocenters. The third-order valence-electron chi connectivity index (χ3n) is 4.01. The van der Waals surface area contributed by atoms with Crippen LogP contribution in [0.15, 0.2) is 84.8 Å². The molecule has 3 aromatic rings. The second kappa shape index (κ2) is 6.49. The quantitative estimate of drug-likeness (QED) is 0.628. The minimum atomic E-state index is -3.68. The lowest BCUT2D eigenvalue weighted by Crippen LogP contribution is -2.16. The Labute approximate surface area is 142 Å². The van der Waals surface area contributed by atoms with Gasteiger partial charge in [0.2, 0.25) is 0 Å². The number of rotatable bonds is 6. The molecule has 122 valence electrons. The van der Waals surface area contributed by atoms with E-state index in [0.29, 0.717) is 18.4 Å². The number of para-hydroxylation sites is 1. The van der Waals surface area contributed by atoms with Crippen molar-refractivity contribution in [3.05, 3.63) is 91.2 Å². The van der Waals surface area contributed by atoms with Crippen LogP contribution in [-0.4, -0.2) is 12.4 Å². The predicted molar refractivity (Wildman–Crippen MR) is 98.8 cm³/mol. The molecule has 0 aliphatic heterocycles. The van der Waals surface area contributed by atoms with E-state index in [0.717, 1.165) is 16.6 Å². The Morgan fingerprint density at radius 2 is 1.50 bits per heavy atom. The second-order valence-electron chi connectivity index (χ2n) is 5.51. The monoisotopic (exact) mass is 337 g/mol. The van der Waals surface area contributed by atoms with Crippen molar-refractivity contribution in [2.75, 3.05) is 0 Å². The third-order valence-corrected chi connectivity index (χ3v) is 5.77. The van der Waals surface area contributed by atoms with Gasteiger partial charge in [-0.2, -0.15) is 0 Å². The lowest BCUT2D eigenvalue weighted by atomic mass is 10.1. The van der Waals surface area contributed by atoms with Gasteiger partial charge >= 0.3 is 0 Å². The normalized spacial score (nSPS) is 11.5. The molecule has 0 fully saturated rings. The number of hydrogen-bond donors (Lipinski definition) is 0. The van der Waals surface area contributed by atoms with Gasteiger partial charge in [-0.05, 0) is 30.2 Å². The molecular weight excluding hydrogens is 318 g/mol. The number of benzene rings is 2. The molecule has 0 aliphatic carbocycles. The molecule has 0 radical (unpaired) electrons. The van der Waals surface area contributed by atoms with Gasteiger partial charge < -0.3 is 0 Å². The Balaban J connectivity index is 2.41. The molecular formula is C20H19NO2S. The topological polar surface area (TPSA) is 39.1 Å². The fourth-order valence-electron chi connectivity index (χ4n) is 3.02. The van der Waals surface area contributed by atoms with E-state index in [1.165, 1.54) is 3.97 Å². The SMILES string of the molecule is C=CCc1c(CC=C)n(S(=O)(=O)c2ccccc2)c2ccccc12. The molecule has 0 aliphatic rings. The first-order valence-electron chi connectivity index (χ1n) is 7.75. The highest BCUT2D eigenvalue weighted by atomic mass is 32.2. The van der Waals surface area contributed by atoms with E-state index < -0.39 is 10.0 Å². The van der Waals surface area contributed by atoms with Gasteiger partial charge in [-0.1, -0.05) is 48.6 Å². The van der Waals surface area contributed by atoms with Gasteiger partial charge in [-0.15, -0.1) is 13.2 Å². The largest absolute Gasteiger partial charge is 0.268 e. The van der Waals surface area contributed by atoms with E-state index >= 15 is 0 Å². The van der Waals surface area contributed by atoms with Gasteiger partial charge in [0.15, 0.2) is 0 Å². The maximum absolute atomic E-state index is 13.3. The van der Waals surface area contributed by atoms with E-state index in [4.69, 9.17) is 0 Å².